The van der Waals surface area contributed by atoms with E-state index in [0.29, 0.717) is 22.0 Å². The zero-order valence-electron chi connectivity index (χ0n) is 15.7. The van der Waals surface area contributed by atoms with E-state index in [1.807, 2.05) is 6.92 Å². The van der Waals surface area contributed by atoms with E-state index in [4.69, 9.17) is 11.6 Å². The first-order valence-electron chi connectivity index (χ1n) is 8.27. The van der Waals surface area contributed by atoms with E-state index in [1.165, 1.54) is 12.1 Å². The summed E-state index contributed by atoms with van der Waals surface area (Å²) in [6, 6.07) is 11.4. The fourth-order valence-corrected chi connectivity index (χ4v) is 3.99. The smallest absolute Gasteiger partial charge is 0.264 e. The van der Waals surface area contributed by atoms with Gasteiger partial charge in [0.05, 0.1) is 10.6 Å². The number of hydrazone groups is 1. The molecule has 0 saturated carbocycles. The molecule has 1 amide bonds. The minimum absolute atomic E-state index is 0.0930. The fourth-order valence-electron chi connectivity index (χ4n) is 2.34. The van der Waals surface area contributed by atoms with E-state index < -0.39 is 22.5 Å². The van der Waals surface area contributed by atoms with E-state index in [9.17, 15) is 13.2 Å². The Bertz CT molecular complexity index is 966. The molecular weight excluding hydrogens is 386 g/mol. The molecule has 144 valence electrons. The second-order valence-electron chi connectivity index (χ2n) is 6.30. The lowest BCUT2D eigenvalue weighted by atomic mass is 10.2. The molecule has 0 radical (unpaired) electrons. The molecule has 0 spiro atoms. The van der Waals surface area contributed by atoms with Crippen molar-refractivity contribution in [3.05, 3.63) is 58.6 Å². The fraction of sp³-hybridized carbons (Fsp3) is 0.263. The van der Waals surface area contributed by atoms with Crippen molar-refractivity contribution < 1.29 is 13.2 Å². The van der Waals surface area contributed by atoms with Crippen LogP contribution in [-0.2, 0) is 14.8 Å². The van der Waals surface area contributed by atoms with Gasteiger partial charge in [0.15, 0.2) is 0 Å². The maximum Gasteiger partial charge on any atom is 0.264 e. The molecule has 0 aliphatic heterocycles. The molecule has 0 bridgehead atoms. The average molecular weight is 408 g/mol. The molecular formula is C19H22ClN3O3S. The Morgan fingerprint density at radius 1 is 1.11 bits per heavy atom. The van der Waals surface area contributed by atoms with Crippen LogP contribution in [0.1, 0.15) is 25.0 Å². The number of halogens is 1. The highest BCUT2D eigenvalue weighted by Crippen LogP contribution is 2.30. The van der Waals surface area contributed by atoms with E-state index in [1.54, 1.807) is 51.1 Å². The highest BCUT2D eigenvalue weighted by molar-refractivity contribution is 7.92. The maximum atomic E-state index is 13.2. The number of nitrogens with one attached hydrogen (secondary N) is 1. The molecule has 0 aromatic heterocycles. The molecule has 2 aromatic carbocycles. The van der Waals surface area contributed by atoms with Crippen molar-refractivity contribution in [1.82, 2.24) is 5.43 Å². The summed E-state index contributed by atoms with van der Waals surface area (Å²) in [6.45, 7) is 6.61. The lowest BCUT2D eigenvalue weighted by Crippen LogP contribution is -2.40. The van der Waals surface area contributed by atoms with Crippen LogP contribution in [0.3, 0.4) is 0 Å². The van der Waals surface area contributed by atoms with Crippen LogP contribution in [0.4, 0.5) is 5.69 Å². The molecule has 0 atom stereocenters. The summed E-state index contributed by atoms with van der Waals surface area (Å²) in [5, 5.41) is 4.26. The van der Waals surface area contributed by atoms with Crippen molar-refractivity contribution in [2.45, 2.75) is 32.6 Å². The zero-order chi connectivity index (χ0) is 20.2. The van der Waals surface area contributed by atoms with Gasteiger partial charge in [0, 0.05) is 10.7 Å². The standard InChI is InChI=1S/C19H22ClN3O3S/c1-13(2)21-22-19(24)12-23(18-7-5-6-17(20)15(18)4)27(25,26)16-10-8-14(3)9-11-16/h5-11H,12H2,1-4H3,(H,22,24). The van der Waals surface area contributed by atoms with Gasteiger partial charge in [-0.3, -0.25) is 9.10 Å². The quantitative estimate of drug-likeness (QED) is 0.586. The molecule has 0 aliphatic carbocycles. The Morgan fingerprint density at radius 3 is 2.33 bits per heavy atom. The van der Waals surface area contributed by atoms with Gasteiger partial charge in [-0.2, -0.15) is 5.10 Å². The van der Waals surface area contributed by atoms with Crippen molar-refractivity contribution >= 4 is 38.9 Å². The van der Waals surface area contributed by atoms with Crippen LogP contribution in [0, 0.1) is 13.8 Å². The summed E-state index contributed by atoms with van der Waals surface area (Å²) in [4.78, 5) is 12.4. The first kappa shape index (κ1) is 20.9. The van der Waals surface area contributed by atoms with Crippen LogP contribution in [0.2, 0.25) is 5.02 Å². The molecule has 0 unspecified atom stereocenters. The third kappa shape index (κ3) is 5.08. The molecule has 0 heterocycles. The number of rotatable bonds is 6. The number of hydrogen-bond donors (Lipinski definition) is 1. The molecule has 2 aromatic rings. The van der Waals surface area contributed by atoms with Crippen molar-refractivity contribution in [1.29, 1.82) is 0 Å². The Morgan fingerprint density at radius 2 is 1.74 bits per heavy atom. The normalized spacial score (nSPS) is 11.0. The van der Waals surface area contributed by atoms with Crippen LogP contribution in [0.25, 0.3) is 0 Å². The van der Waals surface area contributed by atoms with E-state index in [0.717, 1.165) is 9.87 Å². The Balaban J connectivity index is 2.52. The number of aryl methyl sites for hydroxylation is 1. The van der Waals surface area contributed by atoms with Gasteiger partial charge in [-0.15, -0.1) is 0 Å². The minimum Gasteiger partial charge on any atom is -0.271 e. The molecule has 0 saturated heterocycles. The Labute approximate surface area is 164 Å². The van der Waals surface area contributed by atoms with Crippen LogP contribution in [0.5, 0.6) is 0 Å². The predicted octanol–water partition coefficient (Wildman–Crippen LogP) is 3.66. The highest BCUT2D eigenvalue weighted by Gasteiger charge is 2.28. The van der Waals surface area contributed by atoms with E-state index >= 15 is 0 Å². The first-order valence-corrected chi connectivity index (χ1v) is 10.1. The van der Waals surface area contributed by atoms with E-state index in [-0.39, 0.29) is 4.90 Å². The van der Waals surface area contributed by atoms with Gasteiger partial charge in [-0.05, 0) is 57.5 Å². The lowest BCUT2D eigenvalue weighted by Gasteiger charge is -2.25. The minimum atomic E-state index is -3.98. The van der Waals surface area contributed by atoms with Gasteiger partial charge in [-0.1, -0.05) is 35.4 Å². The van der Waals surface area contributed by atoms with Crippen LogP contribution in [0.15, 0.2) is 52.5 Å². The van der Waals surface area contributed by atoms with Gasteiger partial charge in [0.2, 0.25) is 0 Å². The third-order valence-corrected chi connectivity index (χ3v) is 5.99. The SMILES string of the molecule is CC(C)=NNC(=O)CN(c1cccc(Cl)c1C)S(=O)(=O)c1ccc(C)cc1. The summed E-state index contributed by atoms with van der Waals surface area (Å²) in [6.07, 6.45) is 0. The van der Waals surface area contributed by atoms with Gasteiger partial charge < -0.3 is 0 Å². The number of carbonyl (C=O) groups excluding carboxylic acids is 1. The topological polar surface area (TPSA) is 78.8 Å². The molecule has 0 aliphatic rings. The average Bonchev–Trinajstić information content (AvgIpc) is 2.61. The number of hydrogen-bond acceptors (Lipinski definition) is 4. The lowest BCUT2D eigenvalue weighted by molar-refractivity contribution is -0.119. The molecule has 1 N–H and O–H groups in total. The summed E-state index contributed by atoms with van der Waals surface area (Å²) < 4.78 is 27.5. The number of anilines is 1. The number of carbonyl (C=O) groups is 1. The van der Waals surface area contributed by atoms with Crippen LogP contribution >= 0.6 is 11.6 Å². The second kappa shape index (κ2) is 8.54. The summed E-state index contributed by atoms with van der Waals surface area (Å²) in [5.74, 6) is -0.550. The van der Waals surface area contributed by atoms with Gasteiger partial charge in [0.25, 0.3) is 15.9 Å². The first-order chi connectivity index (χ1) is 12.6. The summed E-state index contributed by atoms with van der Waals surface area (Å²) >= 11 is 6.17. The highest BCUT2D eigenvalue weighted by atomic mass is 35.5. The largest absolute Gasteiger partial charge is 0.271 e. The van der Waals surface area contributed by atoms with Crippen molar-refractivity contribution in [3.8, 4) is 0 Å². The second-order valence-corrected chi connectivity index (χ2v) is 8.57. The van der Waals surface area contributed by atoms with Crippen molar-refractivity contribution in [3.63, 3.8) is 0 Å². The van der Waals surface area contributed by atoms with Crippen molar-refractivity contribution in [2.24, 2.45) is 5.10 Å². The molecule has 27 heavy (non-hydrogen) atoms. The Hall–Kier alpha value is -2.38. The number of benzene rings is 2. The molecule has 0 fully saturated rings. The number of amides is 1. The molecule has 8 heteroatoms. The summed E-state index contributed by atoms with van der Waals surface area (Å²) in [7, 11) is -3.98. The van der Waals surface area contributed by atoms with Gasteiger partial charge in [0.1, 0.15) is 6.54 Å². The van der Waals surface area contributed by atoms with E-state index in [2.05, 4.69) is 10.5 Å². The number of nitrogens with zero attached hydrogens (tertiary/aromatic N) is 2. The maximum absolute atomic E-state index is 13.2. The molecule has 2 rings (SSSR count). The number of sulfonamides is 1. The van der Waals surface area contributed by atoms with Crippen molar-refractivity contribution in [2.75, 3.05) is 10.8 Å². The third-order valence-electron chi connectivity index (χ3n) is 3.81. The monoisotopic (exact) mass is 407 g/mol. The van der Waals surface area contributed by atoms with Crippen LogP contribution in [-0.4, -0.2) is 26.6 Å². The zero-order valence-corrected chi connectivity index (χ0v) is 17.2. The predicted molar refractivity (Wildman–Crippen MR) is 109 cm³/mol. The van der Waals surface area contributed by atoms with Gasteiger partial charge >= 0.3 is 0 Å². The Kier molecular flexibility index (Phi) is 6.62. The van der Waals surface area contributed by atoms with Gasteiger partial charge in [-0.25, -0.2) is 13.8 Å². The summed E-state index contributed by atoms with van der Waals surface area (Å²) in [5.41, 5.74) is 4.85. The van der Waals surface area contributed by atoms with Crippen LogP contribution < -0.4 is 9.73 Å². The molecule has 6 nitrogen and oxygen atoms in total.